The van der Waals surface area contributed by atoms with E-state index < -0.39 is 0 Å². The summed E-state index contributed by atoms with van der Waals surface area (Å²) in [4.78, 5) is 0. The molecule has 0 radical (unpaired) electrons. The van der Waals surface area contributed by atoms with Crippen molar-refractivity contribution in [3.05, 3.63) is 35.9 Å². The second kappa shape index (κ2) is 6.23. The van der Waals surface area contributed by atoms with Crippen LogP contribution in [0.25, 0.3) is 0 Å². The van der Waals surface area contributed by atoms with Crippen molar-refractivity contribution in [2.75, 3.05) is 13.1 Å². The molecule has 0 amide bonds. The summed E-state index contributed by atoms with van der Waals surface area (Å²) in [5.41, 5.74) is 1.38. The predicted octanol–water partition coefficient (Wildman–Crippen LogP) is 2.40. The molecule has 1 rings (SSSR count). The van der Waals surface area contributed by atoms with Crippen LogP contribution in [0.4, 0.5) is 0 Å². The molecule has 1 nitrogen and oxygen atoms in total. The number of rotatable bonds is 5. The molecule has 1 aromatic rings. The Kier molecular flexibility index (Phi) is 4.82. The topological polar surface area (TPSA) is 12.0 Å². The number of benzene rings is 1. The first-order valence-electron chi connectivity index (χ1n) is 5.03. The van der Waals surface area contributed by atoms with Crippen LogP contribution < -0.4 is 5.32 Å². The van der Waals surface area contributed by atoms with Gasteiger partial charge in [0.25, 0.3) is 0 Å². The van der Waals surface area contributed by atoms with Crippen LogP contribution in [0.5, 0.6) is 0 Å². The van der Waals surface area contributed by atoms with Gasteiger partial charge in [-0.2, -0.15) is 0 Å². The molecule has 74 valence electrons. The lowest BCUT2D eigenvalue weighted by Crippen LogP contribution is -2.20. The smallest absolute Gasteiger partial charge is 0.0211 e. The Balaban J connectivity index is 2.29. The van der Waals surface area contributed by atoms with Gasteiger partial charge in [-0.1, -0.05) is 37.3 Å². The maximum absolute atomic E-state index is 5.17. The maximum Gasteiger partial charge on any atom is 0.0211 e. The van der Waals surface area contributed by atoms with E-state index >= 15 is 0 Å². The second-order valence-electron chi connectivity index (χ2n) is 3.47. The van der Waals surface area contributed by atoms with Crippen molar-refractivity contribution in [2.24, 2.45) is 0 Å². The summed E-state index contributed by atoms with van der Waals surface area (Å²) in [6.45, 7) is 4.12. The molecule has 14 heavy (non-hydrogen) atoms. The summed E-state index contributed by atoms with van der Waals surface area (Å²) in [7, 11) is 0. The van der Waals surface area contributed by atoms with E-state index in [1.807, 2.05) is 6.07 Å². The fraction of sp³-hybridized carbons (Fsp3) is 0.385. The molecule has 1 unspecified atom stereocenters. The molecule has 0 heterocycles. The Morgan fingerprint density at radius 2 is 2.07 bits per heavy atom. The highest BCUT2D eigenvalue weighted by molar-refractivity contribution is 5.18. The third-order valence-corrected chi connectivity index (χ3v) is 2.27. The molecule has 1 atom stereocenters. The van der Waals surface area contributed by atoms with E-state index in [1.54, 1.807) is 0 Å². The van der Waals surface area contributed by atoms with Gasteiger partial charge >= 0.3 is 0 Å². The molecule has 0 aliphatic rings. The molecule has 1 heteroatoms. The van der Waals surface area contributed by atoms with E-state index in [4.69, 9.17) is 6.42 Å². The zero-order valence-corrected chi connectivity index (χ0v) is 8.66. The molecule has 0 aromatic heterocycles. The monoisotopic (exact) mass is 187 g/mol. The maximum atomic E-state index is 5.17. The van der Waals surface area contributed by atoms with Gasteiger partial charge in [0.05, 0.1) is 0 Å². The summed E-state index contributed by atoms with van der Waals surface area (Å²) >= 11 is 0. The van der Waals surface area contributed by atoms with Crippen molar-refractivity contribution in [3.8, 4) is 12.3 Å². The van der Waals surface area contributed by atoms with E-state index in [1.165, 1.54) is 5.56 Å². The zero-order chi connectivity index (χ0) is 10.2. The van der Waals surface area contributed by atoms with Crippen molar-refractivity contribution in [1.82, 2.24) is 5.32 Å². The third-order valence-electron chi connectivity index (χ3n) is 2.27. The van der Waals surface area contributed by atoms with Crippen LogP contribution in [0, 0.1) is 12.3 Å². The van der Waals surface area contributed by atoms with Crippen LogP contribution in [0.15, 0.2) is 30.3 Å². The van der Waals surface area contributed by atoms with Gasteiger partial charge in [0.15, 0.2) is 0 Å². The lowest BCUT2D eigenvalue weighted by atomic mass is 10.0. The van der Waals surface area contributed by atoms with E-state index in [0.29, 0.717) is 5.92 Å². The SMILES string of the molecule is C#CCCNCC(C)c1ccccc1. The molecular weight excluding hydrogens is 170 g/mol. The van der Waals surface area contributed by atoms with Gasteiger partial charge < -0.3 is 5.32 Å². The first-order valence-corrected chi connectivity index (χ1v) is 5.03. The Morgan fingerprint density at radius 1 is 1.36 bits per heavy atom. The average molecular weight is 187 g/mol. The van der Waals surface area contributed by atoms with Crippen molar-refractivity contribution in [2.45, 2.75) is 19.3 Å². The van der Waals surface area contributed by atoms with Gasteiger partial charge in [0.2, 0.25) is 0 Å². The molecular formula is C13H17N. The molecule has 0 spiro atoms. The minimum absolute atomic E-state index is 0.550. The van der Waals surface area contributed by atoms with Gasteiger partial charge in [0.1, 0.15) is 0 Å². The quantitative estimate of drug-likeness (QED) is 0.551. The standard InChI is InChI=1S/C13H17N/c1-3-4-10-14-11-12(2)13-8-6-5-7-9-13/h1,5-9,12,14H,4,10-11H2,2H3. The van der Waals surface area contributed by atoms with Crippen LogP contribution in [-0.2, 0) is 0 Å². The highest BCUT2D eigenvalue weighted by atomic mass is 14.8. The third kappa shape index (κ3) is 3.64. The van der Waals surface area contributed by atoms with Gasteiger partial charge in [-0.05, 0) is 11.5 Å². The summed E-state index contributed by atoms with van der Waals surface area (Å²) < 4.78 is 0. The van der Waals surface area contributed by atoms with Gasteiger partial charge in [-0.3, -0.25) is 0 Å². The van der Waals surface area contributed by atoms with E-state index in [2.05, 4.69) is 42.4 Å². The highest BCUT2D eigenvalue weighted by Gasteiger charge is 2.02. The largest absolute Gasteiger partial charge is 0.315 e. The average Bonchev–Trinajstić information content (AvgIpc) is 2.25. The van der Waals surface area contributed by atoms with Crippen LogP contribution in [0.1, 0.15) is 24.8 Å². The summed E-state index contributed by atoms with van der Waals surface area (Å²) in [5, 5.41) is 3.34. The van der Waals surface area contributed by atoms with Crippen LogP contribution in [0.3, 0.4) is 0 Å². The highest BCUT2D eigenvalue weighted by Crippen LogP contribution is 2.12. The minimum Gasteiger partial charge on any atom is -0.315 e. The predicted molar refractivity (Wildman–Crippen MR) is 61.2 cm³/mol. The Labute approximate surface area is 86.5 Å². The van der Waals surface area contributed by atoms with Gasteiger partial charge in [0, 0.05) is 19.5 Å². The first kappa shape index (κ1) is 10.8. The molecule has 0 saturated carbocycles. The number of terminal acetylenes is 1. The molecule has 0 bridgehead atoms. The van der Waals surface area contributed by atoms with Crippen molar-refractivity contribution >= 4 is 0 Å². The van der Waals surface area contributed by atoms with Crippen LogP contribution >= 0.6 is 0 Å². The second-order valence-corrected chi connectivity index (χ2v) is 3.47. The van der Waals surface area contributed by atoms with Crippen LogP contribution in [-0.4, -0.2) is 13.1 Å². The Bertz CT molecular complexity index is 284. The molecule has 1 N–H and O–H groups in total. The Hall–Kier alpha value is -1.26. The van der Waals surface area contributed by atoms with Gasteiger partial charge in [-0.15, -0.1) is 12.3 Å². The molecule has 0 aliphatic heterocycles. The van der Waals surface area contributed by atoms with Crippen molar-refractivity contribution < 1.29 is 0 Å². The summed E-state index contributed by atoms with van der Waals surface area (Å²) in [6.07, 6.45) is 5.97. The van der Waals surface area contributed by atoms with E-state index in [0.717, 1.165) is 19.5 Å². The minimum atomic E-state index is 0.550. The summed E-state index contributed by atoms with van der Waals surface area (Å²) in [6, 6.07) is 10.5. The van der Waals surface area contributed by atoms with E-state index in [-0.39, 0.29) is 0 Å². The van der Waals surface area contributed by atoms with E-state index in [9.17, 15) is 0 Å². The molecule has 1 aromatic carbocycles. The summed E-state index contributed by atoms with van der Waals surface area (Å²) in [5.74, 6) is 3.17. The lowest BCUT2D eigenvalue weighted by molar-refractivity contribution is 0.622. The zero-order valence-electron chi connectivity index (χ0n) is 8.66. The Morgan fingerprint density at radius 3 is 2.71 bits per heavy atom. The van der Waals surface area contributed by atoms with Crippen LogP contribution in [0.2, 0.25) is 0 Å². The lowest BCUT2D eigenvalue weighted by Gasteiger charge is -2.11. The fourth-order valence-corrected chi connectivity index (χ4v) is 1.38. The molecule has 0 saturated heterocycles. The normalized spacial score (nSPS) is 12.0. The first-order chi connectivity index (χ1) is 6.84. The fourth-order valence-electron chi connectivity index (χ4n) is 1.38. The molecule has 0 aliphatic carbocycles. The number of hydrogen-bond acceptors (Lipinski definition) is 1. The number of hydrogen-bond donors (Lipinski definition) is 1. The van der Waals surface area contributed by atoms with Crippen molar-refractivity contribution in [1.29, 1.82) is 0 Å². The van der Waals surface area contributed by atoms with Crippen molar-refractivity contribution in [3.63, 3.8) is 0 Å². The van der Waals surface area contributed by atoms with Gasteiger partial charge in [-0.25, -0.2) is 0 Å². The molecule has 0 fully saturated rings. The number of nitrogens with one attached hydrogen (secondary N) is 1.